The number of aryl methyl sites for hydroxylation is 2. The molecule has 0 aliphatic rings. The summed E-state index contributed by atoms with van der Waals surface area (Å²) < 4.78 is 25.4. The normalized spacial score (nSPS) is 12.5. The Hall–Kier alpha value is -2.28. The predicted molar refractivity (Wildman–Crippen MR) is 95.1 cm³/mol. The van der Waals surface area contributed by atoms with Crippen LogP contribution in [0.2, 0.25) is 0 Å². The van der Waals surface area contributed by atoms with Crippen LogP contribution in [0.4, 0.5) is 0 Å². The van der Waals surface area contributed by atoms with E-state index < -0.39 is 11.3 Å². The van der Waals surface area contributed by atoms with E-state index >= 15 is 0 Å². The monoisotopic (exact) mass is 341 g/mol. The third-order valence-electron chi connectivity index (χ3n) is 4.08. The number of benzene rings is 2. The minimum absolute atomic E-state index is 0.0356. The molecule has 1 unspecified atom stereocenters. The quantitative estimate of drug-likeness (QED) is 0.741. The van der Waals surface area contributed by atoms with Crippen molar-refractivity contribution < 1.29 is 8.76 Å². The summed E-state index contributed by atoms with van der Waals surface area (Å²) in [5.74, 6) is 0. The SMILES string of the molecule is Cc1ccc(CNS(=O)[O-])cc1-c1cn(C)c(=O)c2ccccc12. The highest BCUT2D eigenvalue weighted by atomic mass is 32.2. The molecule has 124 valence electrons. The minimum Gasteiger partial charge on any atom is -0.760 e. The first kappa shape index (κ1) is 16.6. The number of pyridine rings is 1. The van der Waals surface area contributed by atoms with E-state index in [1.807, 2.05) is 55.6 Å². The summed E-state index contributed by atoms with van der Waals surface area (Å²) in [7, 11) is 1.74. The van der Waals surface area contributed by atoms with E-state index in [2.05, 4.69) is 4.72 Å². The van der Waals surface area contributed by atoms with Crippen LogP contribution >= 0.6 is 0 Å². The third kappa shape index (κ3) is 3.17. The average Bonchev–Trinajstić information content (AvgIpc) is 2.57. The Balaban J connectivity index is 2.20. The van der Waals surface area contributed by atoms with E-state index in [1.54, 1.807) is 11.6 Å². The van der Waals surface area contributed by atoms with Crippen LogP contribution in [0.5, 0.6) is 0 Å². The highest BCUT2D eigenvalue weighted by Gasteiger charge is 2.11. The van der Waals surface area contributed by atoms with Crippen LogP contribution in [0.25, 0.3) is 21.9 Å². The minimum atomic E-state index is -2.30. The molecule has 1 N–H and O–H groups in total. The zero-order chi connectivity index (χ0) is 17.3. The second-order valence-corrected chi connectivity index (χ2v) is 6.47. The van der Waals surface area contributed by atoms with Gasteiger partial charge in [0, 0.05) is 42.0 Å². The van der Waals surface area contributed by atoms with Gasteiger partial charge in [-0.2, -0.15) is 0 Å². The average molecular weight is 341 g/mol. The summed E-state index contributed by atoms with van der Waals surface area (Å²) in [6.45, 7) is 2.23. The lowest BCUT2D eigenvalue weighted by molar-refractivity contribution is 0.522. The van der Waals surface area contributed by atoms with Crippen molar-refractivity contribution in [2.24, 2.45) is 7.05 Å². The molecule has 5 nitrogen and oxygen atoms in total. The first-order chi connectivity index (χ1) is 11.5. The fraction of sp³-hybridized carbons (Fsp3) is 0.167. The zero-order valence-electron chi connectivity index (χ0n) is 13.4. The van der Waals surface area contributed by atoms with Gasteiger partial charge in [0.15, 0.2) is 0 Å². The second-order valence-electron chi connectivity index (χ2n) is 5.71. The van der Waals surface area contributed by atoms with Gasteiger partial charge in [-0.05, 0) is 41.1 Å². The van der Waals surface area contributed by atoms with Crippen molar-refractivity contribution in [2.75, 3.05) is 0 Å². The molecule has 6 heteroatoms. The molecule has 0 radical (unpaired) electrons. The fourth-order valence-electron chi connectivity index (χ4n) is 2.84. The molecular formula is C18H17N2O3S-. The van der Waals surface area contributed by atoms with Gasteiger partial charge in [-0.25, -0.2) is 4.72 Å². The maximum absolute atomic E-state index is 12.3. The van der Waals surface area contributed by atoms with Crippen molar-refractivity contribution in [3.63, 3.8) is 0 Å². The maximum atomic E-state index is 12.3. The number of nitrogens with zero attached hydrogens (tertiary/aromatic N) is 1. The summed E-state index contributed by atoms with van der Waals surface area (Å²) in [5.41, 5.74) is 3.82. The number of rotatable bonds is 4. The van der Waals surface area contributed by atoms with E-state index in [9.17, 15) is 13.6 Å². The number of nitrogens with one attached hydrogen (secondary N) is 1. The topological polar surface area (TPSA) is 74.2 Å². The first-order valence-electron chi connectivity index (χ1n) is 7.48. The molecular weight excluding hydrogens is 324 g/mol. The van der Waals surface area contributed by atoms with Crippen molar-refractivity contribution in [2.45, 2.75) is 13.5 Å². The van der Waals surface area contributed by atoms with Crippen LogP contribution in [0.15, 0.2) is 53.5 Å². The third-order valence-corrected chi connectivity index (χ3v) is 4.46. The van der Waals surface area contributed by atoms with Crippen LogP contribution in [0, 0.1) is 6.92 Å². The van der Waals surface area contributed by atoms with Crippen LogP contribution < -0.4 is 10.3 Å². The molecule has 0 fully saturated rings. The zero-order valence-corrected chi connectivity index (χ0v) is 14.2. The molecule has 0 saturated carbocycles. The van der Waals surface area contributed by atoms with Gasteiger partial charge in [0.05, 0.1) is 0 Å². The van der Waals surface area contributed by atoms with Crippen molar-refractivity contribution in [3.8, 4) is 11.1 Å². The molecule has 0 aliphatic heterocycles. The molecule has 0 amide bonds. The largest absolute Gasteiger partial charge is 0.760 e. The molecule has 3 rings (SSSR count). The van der Waals surface area contributed by atoms with Crippen molar-refractivity contribution in [1.82, 2.24) is 9.29 Å². The lowest BCUT2D eigenvalue weighted by Crippen LogP contribution is -2.17. The van der Waals surface area contributed by atoms with Gasteiger partial charge >= 0.3 is 0 Å². The van der Waals surface area contributed by atoms with Crippen LogP contribution in [0.1, 0.15) is 11.1 Å². The Morgan fingerprint density at radius 3 is 2.54 bits per heavy atom. The highest BCUT2D eigenvalue weighted by Crippen LogP contribution is 2.30. The molecule has 0 bridgehead atoms. The molecule has 3 aromatic rings. The van der Waals surface area contributed by atoms with Crippen molar-refractivity contribution in [1.29, 1.82) is 0 Å². The summed E-state index contributed by atoms with van der Waals surface area (Å²) in [4.78, 5) is 12.3. The molecule has 0 spiro atoms. The molecule has 24 heavy (non-hydrogen) atoms. The van der Waals surface area contributed by atoms with E-state index in [0.29, 0.717) is 5.39 Å². The van der Waals surface area contributed by atoms with E-state index in [1.165, 1.54) is 0 Å². The highest BCUT2D eigenvalue weighted by molar-refractivity contribution is 7.77. The number of fused-ring (bicyclic) bond motifs is 1. The van der Waals surface area contributed by atoms with E-state index in [4.69, 9.17) is 0 Å². The Morgan fingerprint density at radius 1 is 1.12 bits per heavy atom. The van der Waals surface area contributed by atoms with Gasteiger partial charge < -0.3 is 9.12 Å². The lowest BCUT2D eigenvalue weighted by Gasteiger charge is -2.14. The molecule has 0 aliphatic carbocycles. The predicted octanol–water partition coefficient (Wildman–Crippen LogP) is 2.40. The number of aromatic nitrogens is 1. The van der Waals surface area contributed by atoms with Crippen molar-refractivity contribution >= 4 is 22.0 Å². The van der Waals surface area contributed by atoms with Crippen LogP contribution in [-0.2, 0) is 24.9 Å². The van der Waals surface area contributed by atoms with Gasteiger partial charge in [-0.1, -0.05) is 30.3 Å². The molecule has 1 heterocycles. The Bertz CT molecular complexity index is 995. The number of hydrogen-bond acceptors (Lipinski definition) is 3. The van der Waals surface area contributed by atoms with E-state index in [0.717, 1.165) is 27.6 Å². The Morgan fingerprint density at radius 2 is 1.83 bits per heavy atom. The van der Waals surface area contributed by atoms with Crippen LogP contribution in [-0.4, -0.2) is 13.3 Å². The van der Waals surface area contributed by atoms with Gasteiger partial charge in [0.1, 0.15) is 0 Å². The lowest BCUT2D eigenvalue weighted by atomic mass is 9.95. The van der Waals surface area contributed by atoms with Gasteiger partial charge in [0.2, 0.25) is 0 Å². The number of hydrogen-bond donors (Lipinski definition) is 1. The molecule has 1 atom stereocenters. The van der Waals surface area contributed by atoms with Crippen molar-refractivity contribution in [3.05, 3.63) is 70.1 Å². The Labute approximate surface area is 142 Å². The Kier molecular flexibility index (Phi) is 4.62. The van der Waals surface area contributed by atoms with Crippen LogP contribution in [0.3, 0.4) is 0 Å². The standard InChI is InChI=1S/C18H18N2O3S/c1-12-7-8-13(10-19-24(22)23)9-16(12)17-11-20(2)18(21)15-6-4-3-5-14(15)17/h3-9,11,19H,10H2,1-2H3,(H,22,23)/p-1. The van der Waals surface area contributed by atoms with Gasteiger partial charge in [0.25, 0.3) is 5.56 Å². The summed E-state index contributed by atoms with van der Waals surface area (Å²) in [6.07, 6.45) is 1.83. The second kappa shape index (κ2) is 6.68. The maximum Gasteiger partial charge on any atom is 0.258 e. The summed E-state index contributed by atoms with van der Waals surface area (Å²) >= 11 is -2.30. The first-order valence-corrected chi connectivity index (χ1v) is 8.56. The van der Waals surface area contributed by atoms with Gasteiger partial charge in [-0.3, -0.25) is 9.00 Å². The van der Waals surface area contributed by atoms with Gasteiger partial charge in [-0.15, -0.1) is 0 Å². The molecule has 1 aromatic heterocycles. The summed E-state index contributed by atoms with van der Waals surface area (Å²) in [5, 5.41) is 1.56. The molecule has 2 aromatic carbocycles. The van der Waals surface area contributed by atoms with E-state index in [-0.39, 0.29) is 12.1 Å². The summed E-state index contributed by atoms with van der Waals surface area (Å²) in [6, 6.07) is 13.3. The fourth-order valence-corrected chi connectivity index (χ4v) is 3.13. The smallest absolute Gasteiger partial charge is 0.258 e. The molecule has 0 saturated heterocycles.